The zero-order chi connectivity index (χ0) is 33.6. The maximum atomic E-state index is 9.25. The lowest BCUT2D eigenvalue weighted by Crippen LogP contribution is -2.16. The maximum Gasteiger partial charge on any atom is 0.136 e. The molecule has 1 heterocycles. The summed E-state index contributed by atoms with van der Waals surface area (Å²) in [7, 11) is 0. The molecule has 1 aromatic heterocycles. The largest absolute Gasteiger partial charge is 0.462 e. The van der Waals surface area contributed by atoms with E-state index in [4.69, 9.17) is 34.5 Å². The summed E-state index contributed by atoms with van der Waals surface area (Å²) < 4.78 is 77.7. The highest BCUT2D eigenvalue weighted by molar-refractivity contribution is 6.44. The Hall–Kier alpha value is -2.42. The SMILES string of the molecule is [2H]c1oc2c([2H])c([2H])c(C(C)(C)C)c([2H])c2c1N(c1cc(C(C)(C)C)cc(Cl)c1Cl)c1c([2H])c([2H])c(C(C)(C)C)c([2H])c1[2H]. The zero-order valence-electron chi connectivity index (χ0n) is 30.3. The monoisotopic (exact) mass is 529 g/mol. The Bertz CT molecular complexity index is 1800. The number of halogens is 2. The van der Waals surface area contributed by atoms with Gasteiger partial charge in [-0.2, -0.15) is 0 Å². The second kappa shape index (κ2) is 9.15. The van der Waals surface area contributed by atoms with Crippen LogP contribution in [0.15, 0.2) is 65.1 Å². The van der Waals surface area contributed by atoms with Crippen LogP contribution in [0, 0.1) is 0 Å². The summed E-state index contributed by atoms with van der Waals surface area (Å²) in [4.78, 5) is 1.30. The van der Waals surface area contributed by atoms with Gasteiger partial charge in [0.05, 0.1) is 31.0 Å². The molecule has 36 heavy (non-hydrogen) atoms. The van der Waals surface area contributed by atoms with Crippen LogP contribution < -0.4 is 4.90 Å². The van der Waals surface area contributed by atoms with E-state index in [2.05, 4.69) is 0 Å². The first-order valence-corrected chi connectivity index (χ1v) is 12.6. The third-order valence-electron chi connectivity index (χ3n) is 5.94. The van der Waals surface area contributed by atoms with Crippen LogP contribution >= 0.6 is 23.2 Å². The Morgan fingerprint density at radius 1 is 0.694 bits per heavy atom. The molecule has 2 nitrogen and oxygen atoms in total. The number of fused-ring (bicyclic) bond motifs is 1. The maximum absolute atomic E-state index is 9.25. The molecule has 4 aromatic rings. The number of anilines is 3. The van der Waals surface area contributed by atoms with Gasteiger partial charge in [-0.1, -0.05) is 104 Å². The number of benzene rings is 3. The van der Waals surface area contributed by atoms with E-state index in [1.165, 1.54) is 4.90 Å². The van der Waals surface area contributed by atoms with Crippen LogP contribution in [0.2, 0.25) is 10.0 Å². The molecular weight excluding hydrogens is 485 g/mol. The van der Waals surface area contributed by atoms with Crippen LogP contribution in [0.25, 0.3) is 11.0 Å². The number of rotatable bonds is 3. The summed E-state index contributed by atoms with van der Waals surface area (Å²) in [5.74, 6) is 0. The highest BCUT2D eigenvalue weighted by Crippen LogP contribution is 2.47. The molecule has 0 saturated heterocycles. The fourth-order valence-electron chi connectivity index (χ4n) is 3.64. The molecule has 4 rings (SSSR count). The van der Waals surface area contributed by atoms with Gasteiger partial charge in [0.25, 0.3) is 0 Å². The molecule has 190 valence electrons. The van der Waals surface area contributed by atoms with Gasteiger partial charge < -0.3 is 9.32 Å². The Balaban J connectivity index is 2.34. The summed E-state index contributed by atoms with van der Waals surface area (Å²) in [5, 5.41) is 0.207. The molecule has 0 saturated carbocycles. The first-order valence-electron chi connectivity index (χ1n) is 15.9. The van der Waals surface area contributed by atoms with Crippen LogP contribution in [0.3, 0.4) is 0 Å². The second-order valence-corrected chi connectivity index (χ2v) is 12.9. The zero-order valence-corrected chi connectivity index (χ0v) is 23.8. The minimum atomic E-state index is -0.731. The van der Waals surface area contributed by atoms with Crippen molar-refractivity contribution in [3.05, 3.63) is 87.4 Å². The van der Waals surface area contributed by atoms with Crippen LogP contribution in [0.4, 0.5) is 17.1 Å². The molecule has 4 heteroatoms. The Labute approximate surface area is 237 Å². The third-order valence-corrected chi connectivity index (χ3v) is 6.73. The average Bonchev–Trinajstić information content (AvgIpc) is 3.21. The summed E-state index contributed by atoms with van der Waals surface area (Å²) in [6.07, 6.45) is -0.502. The molecule has 3 aromatic carbocycles. The fourth-order valence-corrected chi connectivity index (χ4v) is 4.04. The van der Waals surface area contributed by atoms with Gasteiger partial charge >= 0.3 is 0 Å². The summed E-state index contributed by atoms with van der Waals surface area (Å²) in [6.45, 7) is 16.8. The van der Waals surface area contributed by atoms with Gasteiger partial charge in [-0.15, -0.1) is 0 Å². The van der Waals surface area contributed by atoms with Crippen molar-refractivity contribution in [3.8, 4) is 0 Å². The first kappa shape index (κ1) is 17.9. The van der Waals surface area contributed by atoms with E-state index in [0.717, 1.165) is 5.56 Å². The highest BCUT2D eigenvalue weighted by atomic mass is 35.5. The van der Waals surface area contributed by atoms with Crippen molar-refractivity contribution in [2.45, 2.75) is 78.6 Å². The fraction of sp³-hybridized carbons (Fsp3) is 0.375. The molecule has 0 aliphatic heterocycles. The average molecular weight is 531 g/mol. The Kier molecular flexibility index (Phi) is 4.56. The van der Waals surface area contributed by atoms with Crippen LogP contribution in [0.1, 0.15) is 90.0 Å². The molecular formula is C32H37Cl2NO. The second-order valence-electron chi connectivity index (χ2n) is 12.1. The van der Waals surface area contributed by atoms with Crippen LogP contribution in [-0.4, -0.2) is 0 Å². The smallest absolute Gasteiger partial charge is 0.136 e. The quantitative estimate of drug-likeness (QED) is 0.262. The number of furan rings is 1. The predicted octanol–water partition coefficient (Wildman–Crippen LogP) is 11.1. The van der Waals surface area contributed by atoms with Crippen molar-refractivity contribution >= 4 is 51.2 Å². The molecule has 0 amide bonds. The topological polar surface area (TPSA) is 16.4 Å². The molecule has 0 bridgehead atoms. The van der Waals surface area contributed by atoms with E-state index in [9.17, 15) is 4.11 Å². The molecule has 0 radical (unpaired) electrons. The van der Waals surface area contributed by atoms with Crippen molar-refractivity contribution in [1.82, 2.24) is 0 Å². The van der Waals surface area contributed by atoms with Crippen LogP contribution in [0.5, 0.6) is 0 Å². The molecule has 0 aliphatic rings. The molecule has 0 unspecified atom stereocenters. The van der Waals surface area contributed by atoms with Crippen molar-refractivity contribution in [2.24, 2.45) is 0 Å². The van der Waals surface area contributed by atoms with E-state index in [1.54, 1.807) is 32.9 Å². The number of hydrogen-bond donors (Lipinski definition) is 0. The lowest BCUT2D eigenvalue weighted by molar-refractivity contribution is 0.589. The lowest BCUT2D eigenvalue weighted by atomic mass is 9.86. The molecule has 0 N–H and O–H groups in total. The van der Waals surface area contributed by atoms with E-state index in [1.807, 2.05) is 41.5 Å². The van der Waals surface area contributed by atoms with Crippen molar-refractivity contribution in [3.63, 3.8) is 0 Å². The highest BCUT2D eigenvalue weighted by Gasteiger charge is 2.26. The van der Waals surface area contributed by atoms with Crippen molar-refractivity contribution in [1.29, 1.82) is 0 Å². The van der Waals surface area contributed by atoms with E-state index in [0.29, 0.717) is 0 Å². The summed E-state index contributed by atoms with van der Waals surface area (Å²) in [6, 6.07) is 1.48. The number of hydrogen-bond acceptors (Lipinski definition) is 2. The van der Waals surface area contributed by atoms with Crippen molar-refractivity contribution < 1.29 is 15.4 Å². The van der Waals surface area contributed by atoms with Gasteiger partial charge in [-0.3, -0.25) is 0 Å². The van der Waals surface area contributed by atoms with Crippen LogP contribution in [-0.2, 0) is 16.2 Å². The van der Waals surface area contributed by atoms with Gasteiger partial charge in [0, 0.05) is 11.1 Å². The minimum absolute atomic E-state index is 0.0195. The van der Waals surface area contributed by atoms with Gasteiger partial charge in [0.2, 0.25) is 0 Å². The van der Waals surface area contributed by atoms with Crippen molar-refractivity contribution in [2.75, 3.05) is 4.90 Å². The molecule has 0 fully saturated rings. The summed E-state index contributed by atoms with van der Waals surface area (Å²) in [5.41, 5.74) is -1.01. The van der Waals surface area contributed by atoms with Gasteiger partial charge in [-0.05, 0) is 69.2 Å². The van der Waals surface area contributed by atoms with Gasteiger partial charge in [0.1, 0.15) is 13.2 Å². The van der Waals surface area contributed by atoms with E-state index < -0.39 is 22.5 Å². The lowest BCUT2D eigenvalue weighted by Gasteiger charge is -2.29. The standard InChI is InChI=1S/C32H37Cl2NO/c1-30(2,3)20-10-13-23(14-11-20)35(26-18-22(32(7,8)9)17-25(33)29(26)34)27-19-36-28-15-12-21(16-24(27)28)31(4,5)6/h10-19H,1-9H3/i10D,11D,12D,13D,14D,15D,16D,19D. The Morgan fingerprint density at radius 3 is 1.81 bits per heavy atom. The molecule has 0 aliphatic carbocycles. The Morgan fingerprint density at radius 2 is 1.25 bits per heavy atom. The minimum Gasteiger partial charge on any atom is -0.462 e. The van der Waals surface area contributed by atoms with E-state index in [-0.39, 0.29) is 91.5 Å². The predicted molar refractivity (Wildman–Crippen MR) is 157 cm³/mol. The van der Waals surface area contributed by atoms with Gasteiger partial charge in [-0.25, -0.2) is 0 Å². The first-order chi connectivity index (χ1) is 19.9. The normalized spacial score (nSPS) is 16.0. The number of nitrogens with zero attached hydrogens (tertiary/aromatic N) is 1. The van der Waals surface area contributed by atoms with E-state index >= 15 is 0 Å². The van der Waals surface area contributed by atoms with Gasteiger partial charge in [0.15, 0.2) is 0 Å². The third kappa shape index (κ3) is 5.17. The molecule has 0 spiro atoms. The summed E-state index contributed by atoms with van der Waals surface area (Å²) >= 11 is 13.6. The molecule has 0 atom stereocenters.